The third-order valence-corrected chi connectivity index (χ3v) is 5.98. The number of ether oxygens (including phenoxy) is 2. The minimum Gasteiger partial charge on any atom is -0.490 e. The maximum absolute atomic E-state index is 13.0. The van der Waals surface area contributed by atoms with E-state index in [0.717, 1.165) is 23.4 Å². The lowest BCUT2D eigenvalue weighted by molar-refractivity contribution is 0.102. The fourth-order valence-electron chi connectivity index (χ4n) is 3.00. The van der Waals surface area contributed by atoms with Crippen LogP contribution >= 0.6 is 23.4 Å². The molecule has 1 aliphatic rings. The molecule has 1 aliphatic heterocycles. The van der Waals surface area contributed by atoms with E-state index >= 15 is 0 Å². The minimum atomic E-state index is -0.305. The number of amides is 1. The number of thioether (sulfide) groups is 1. The highest BCUT2D eigenvalue weighted by Crippen LogP contribution is 2.38. The molecule has 3 heterocycles. The van der Waals surface area contributed by atoms with E-state index in [1.807, 2.05) is 13.8 Å². The Hall–Kier alpha value is -2.71. The second-order valence-electron chi connectivity index (χ2n) is 6.73. The van der Waals surface area contributed by atoms with E-state index in [-0.39, 0.29) is 5.91 Å². The van der Waals surface area contributed by atoms with Gasteiger partial charge in [0.1, 0.15) is 10.8 Å². The number of aromatic nitrogens is 2. The monoisotopic (exact) mass is 445 g/mol. The molecule has 0 spiro atoms. The standard InChI is InChI=1S/C21H20ClN3O4S/c1-12-15(13(2)29-25-12)11-30-21-14(5-3-6-23-21)20(26)24-17-10-19-18(9-16(17)22)27-7-4-8-28-19/h3,5-6,9-10H,4,7-8,11H2,1-2H3,(H,24,26). The van der Waals surface area contributed by atoms with E-state index in [1.54, 1.807) is 30.5 Å². The number of benzene rings is 1. The Morgan fingerprint density at radius 3 is 2.73 bits per heavy atom. The lowest BCUT2D eigenvalue weighted by Gasteiger charge is -2.13. The van der Waals surface area contributed by atoms with Gasteiger partial charge in [-0.15, -0.1) is 11.8 Å². The number of hydrogen-bond donors (Lipinski definition) is 1. The van der Waals surface area contributed by atoms with Gasteiger partial charge in [-0.1, -0.05) is 16.8 Å². The average molecular weight is 446 g/mol. The smallest absolute Gasteiger partial charge is 0.258 e. The van der Waals surface area contributed by atoms with E-state index in [1.165, 1.54) is 11.8 Å². The van der Waals surface area contributed by atoms with Crippen LogP contribution in [0.2, 0.25) is 5.02 Å². The number of rotatable bonds is 5. The molecule has 0 atom stereocenters. The number of carbonyl (C=O) groups excluding carboxylic acids is 1. The summed E-state index contributed by atoms with van der Waals surface area (Å²) in [5.74, 6) is 2.20. The van der Waals surface area contributed by atoms with Crippen molar-refractivity contribution in [2.45, 2.75) is 31.0 Å². The zero-order valence-electron chi connectivity index (χ0n) is 16.5. The van der Waals surface area contributed by atoms with E-state index in [9.17, 15) is 4.79 Å². The van der Waals surface area contributed by atoms with Gasteiger partial charge < -0.3 is 19.3 Å². The normalized spacial score (nSPS) is 13.0. The summed E-state index contributed by atoms with van der Waals surface area (Å²) in [5, 5.41) is 7.82. The lowest BCUT2D eigenvalue weighted by atomic mass is 10.2. The summed E-state index contributed by atoms with van der Waals surface area (Å²) >= 11 is 7.81. The highest BCUT2D eigenvalue weighted by molar-refractivity contribution is 7.98. The van der Waals surface area contributed by atoms with Crippen molar-refractivity contribution in [3.63, 3.8) is 0 Å². The predicted octanol–water partition coefficient (Wildman–Crippen LogP) is 5.05. The van der Waals surface area contributed by atoms with Crippen molar-refractivity contribution in [1.82, 2.24) is 10.1 Å². The fourth-order valence-corrected chi connectivity index (χ4v) is 4.34. The molecule has 1 N–H and O–H groups in total. The molecular formula is C21H20ClN3O4S. The minimum absolute atomic E-state index is 0.305. The van der Waals surface area contributed by atoms with E-state index < -0.39 is 0 Å². The number of anilines is 1. The zero-order chi connectivity index (χ0) is 21.1. The van der Waals surface area contributed by atoms with Gasteiger partial charge in [0.2, 0.25) is 0 Å². The third kappa shape index (κ3) is 4.39. The first kappa shape index (κ1) is 20.6. The van der Waals surface area contributed by atoms with Crippen molar-refractivity contribution in [2.24, 2.45) is 0 Å². The summed E-state index contributed by atoms with van der Waals surface area (Å²) < 4.78 is 16.5. The molecule has 0 bridgehead atoms. The van der Waals surface area contributed by atoms with Crippen molar-refractivity contribution in [1.29, 1.82) is 0 Å². The lowest BCUT2D eigenvalue weighted by Crippen LogP contribution is -2.14. The molecule has 156 valence electrons. The van der Waals surface area contributed by atoms with Crippen LogP contribution in [0.4, 0.5) is 5.69 Å². The average Bonchev–Trinajstić information content (AvgIpc) is 2.91. The first-order chi connectivity index (χ1) is 14.5. The Morgan fingerprint density at radius 1 is 1.23 bits per heavy atom. The molecule has 1 aromatic carbocycles. The molecule has 0 fully saturated rings. The number of carbonyl (C=O) groups is 1. The van der Waals surface area contributed by atoms with Crippen molar-refractivity contribution in [3.8, 4) is 11.5 Å². The summed E-state index contributed by atoms with van der Waals surface area (Å²) in [6.07, 6.45) is 2.45. The van der Waals surface area contributed by atoms with Crippen molar-refractivity contribution in [2.75, 3.05) is 18.5 Å². The summed E-state index contributed by atoms with van der Waals surface area (Å²) in [7, 11) is 0. The first-order valence-corrected chi connectivity index (χ1v) is 10.8. The van der Waals surface area contributed by atoms with Gasteiger partial charge in [0.15, 0.2) is 11.5 Å². The maximum Gasteiger partial charge on any atom is 0.258 e. The van der Waals surface area contributed by atoms with Gasteiger partial charge in [0.25, 0.3) is 5.91 Å². The number of pyridine rings is 1. The Bertz CT molecular complexity index is 1070. The van der Waals surface area contributed by atoms with Crippen LogP contribution < -0.4 is 14.8 Å². The number of halogens is 1. The second kappa shape index (κ2) is 8.97. The molecule has 9 heteroatoms. The largest absolute Gasteiger partial charge is 0.490 e. The second-order valence-corrected chi connectivity index (χ2v) is 8.10. The van der Waals surface area contributed by atoms with Crippen LogP contribution in [0.5, 0.6) is 11.5 Å². The van der Waals surface area contributed by atoms with Crippen molar-refractivity contribution in [3.05, 3.63) is 58.1 Å². The van der Waals surface area contributed by atoms with Crippen LogP contribution in [0.15, 0.2) is 40.0 Å². The van der Waals surface area contributed by atoms with E-state index in [2.05, 4.69) is 15.5 Å². The predicted molar refractivity (Wildman–Crippen MR) is 115 cm³/mol. The number of hydrogen-bond acceptors (Lipinski definition) is 7. The van der Waals surface area contributed by atoms with Gasteiger partial charge in [-0.3, -0.25) is 4.79 Å². The zero-order valence-corrected chi connectivity index (χ0v) is 18.1. The molecule has 0 radical (unpaired) electrons. The van der Waals surface area contributed by atoms with Crippen LogP contribution in [-0.4, -0.2) is 29.3 Å². The molecule has 0 saturated heterocycles. The molecule has 0 aliphatic carbocycles. The molecule has 2 aromatic heterocycles. The number of fused-ring (bicyclic) bond motifs is 1. The highest BCUT2D eigenvalue weighted by atomic mass is 35.5. The van der Waals surface area contributed by atoms with Crippen LogP contribution in [-0.2, 0) is 5.75 Å². The molecule has 0 saturated carbocycles. The molecule has 0 unspecified atom stereocenters. The number of nitrogens with one attached hydrogen (secondary N) is 1. The van der Waals surface area contributed by atoms with Crippen molar-refractivity contribution < 1.29 is 18.8 Å². The summed E-state index contributed by atoms with van der Waals surface area (Å²) in [5.41, 5.74) is 2.75. The van der Waals surface area contributed by atoms with Crippen LogP contribution in [0.1, 0.15) is 33.8 Å². The molecule has 30 heavy (non-hydrogen) atoms. The topological polar surface area (TPSA) is 86.5 Å². The molecule has 3 aromatic rings. The van der Waals surface area contributed by atoms with Gasteiger partial charge in [-0.05, 0) is 26.0 Å². The quantitative estimate of drug-likeness (QED) is 0.550. The number of aryl methyl sites for hydroxylation is 2. The Morgan fingerprint density at radius 2 is 2.00 bits per heavy atom. The third-order valence-electron chi connectivity index (χ3n) is 4.64. The molecule has 1 amide bonds. The molecule has 4 rings (SSSR count). The van der Waals surface area contributed by atoms with Gasteiger partial charge in [0.05, 0.1) is 35.2 Å². The van der Waals surface area contributed by atoms with Crippen LogP contribution in [0.25, 0.3) is 0 Å². The fraction of sp³-hybridized carbons (Fsp3) is 0.286. The Kier molecular flexibility index (Phi) is 6.15. The van der Waals surface area contributed by atoms with E-state index in [4.69, 9.17) is 25.6 Å². The molecular weight excluding hydrogens is 426 g/mol. The summed E-state index contributed by atoms with van der Waals surface area (Å²) in [6.45, 7) is 4.88. The number of nitrogens with zero attached hydrogens (tertiary/aromatic N) is 2. The Labute approximate surface area is 183 Å². The van der Waals surface area contributed by atoms with Crippen molar-refractivity contribution >= 4 is 35.0 Å². The Balaban J connectivity index is 1.54. The first-order valence-electron chi connectivity index (χ1n) is 9.43. The molecule has 7 nitrogen and oxygen atoms in total. The summed E-state index contributed by atoms with van der Waals surface area (Å²) in [4.78, 5) is 17.4. The highest BCUT2D eigenvalue weighted by Gasteiger charge is 2.19. The van der Waals surface area contributed by atoms with E-state index in [0.29, 0.717) is 51.8 Å². The summed E-state index contributed by atoms with van der Waals surface area (Å²) in [6, 6.07) is 6.81. The van der Waals surface area contributed by atoms with Crippen LogP contribution in [0.3, 0.4) is 0 Å². The maximum atomic E-state index is 13.0. The SMILES string of the molecule is Cc1noc(C)c1CSc1ncccc1C(=O)Nc1cc2c(cc1Cl)OCCCO2. The van der Waals surface area contributed by atoms with Gasteiger partial charge in [0, 0.05) is 36.1 Å². The van der Waals surface area contributed by atoms with Crippen LogP contribution in [0, 0.1) is 13.8 Å². The van der Waals surface area contributed by atoms with Gasteiger partial charge in [-0.25, -0.2) is 4.98 Å². The van der Waals surface area contributed by atoms with Gasteiger partial charge in [-0.2, -0.15) is 0 Å². The van der Waals surface area contributed by atoms with Gasteiger partial charge >= 0.3 is 0 Å².